The molecule has 1 aromatic carbocycles. The van der Waals surface area contributed by atoms with E-state index in [2.05, 4.69) is 25.1 Å². The van der Waals surface area contributed by atoms with Crippen molar-refractivity contribution in [3.05, 3.63) is 34.9 Å². The monoisotopic (exact) mass is 266 g/mol. The molecule has 3 nitrogen and oxygen atoms in total. The zero-order valence-electron chi connectivity index (χ0n) is 11.1. The molecule has 100 valence electrons. The van der Waals surface area contributed by atoms with Gasteiger partial charge in [-0.25, -0.2) is 0 Å². The molecule has 0 fully saturated rings. The second-order valence-electron chi connectivity index (χ2n) is 4.39. The maximum absolute atomic E-state index is 8.63. The number of oxime groups is 1. The summed E-state index contributed by atoms with van der Waals surface area (Å²) in [6, 6.07) is 5.94. The Hall–Kier alpha value is -1.16. The summed E-state index contributed by atoms with van der Waals surface area (Å²) in [6.45, 7) is 4.29. The summed E-state index contributed by atoms with van der Waals surface area (Å²) in [5, 5.41) is 11.6. The van der Waals surface area contributed by atoms with E-state index in [1.165, 1.54) is 36.1 Å². The highest BCUT2D eigenvalue weighted by Crippen LogP contribution is 2.19. The van der Waals surface area contributed by atoms with E-state index in [4.69, 9.17) is 10.9 Å². The third kappa shape index (κ3) is 4.61. The van der Waals surface area contributed by atoms with Gasteiger partial charge in [0.15, 0.2) is 5.84 Å². The Morgan fingerprint density at radius 1 is 1.39 bits per heavy atom. The molecular weight excluding hydrogens is 244 g/mol. The zero-order chi connectivity index (χ0) is 13.4. The molecular formula is C14H22N2OS. The van der Waals surface area contributed by atoms with E-state index in [0.29, 0.717) is 0 Å². The maximum Gasteiger partial charge on any atom is 0.170 e. The normalized spacial score (nSPS) is 11.8. The predicted octanol–water partition coefficient (Wildman–Crippen LogP) is 3.51. The van der Waals surface area contributed by atoms with Gasteiger partial charge < -0.3 is 10.9 Å². The number of aryl methyl sites for hydroxylation is 1. The number of benzene rings is 1. The van der Waals surface area contributed by atoms with Crippen LogP contribution < -0.4 is 5.73 Å². The standard InChI is InChI=1S/C14H22N2OS/c1-3-4-5-8-18-10-13-7-6-12(9-11(13)2)14(15)16-17/h6-7,9,17H,3-5,8,10H2,1-2H3,(H2,15,16). The average molecular weight is 266 g/mol. The molecule has 0 aliphatic carbocycles. The fraction of sp³-hybridized carbons (Fsp3) is 0.500. The van der Waals surface area contributed by atoms with Crippen LogP contribution in [0.4, 0.5) is 0 Å². The topological polar surface area (TPSA) is 58.6 Å². The number of unbranched alkanes of at least 4 members (excludes halogenated alkanes) is 2. The lowest BCUT2D eigenvalue weighted by Crippen LogP contribution is -2.13. The number of rotatable bonds is 7. The van der Waals surface area contributed by atoms with Crippen LogP contribution in [0.25, 0.3) is 0 Å². The van der Waals surface area contributed by atoms with Crippen LogP contribution in [0, 0.1) is 6.92 Å². The number of nitrogens with zero attached hydrogens (tertiary/aromatic N) is 1. The van der Waals surface area contributed by atoms with Gasteiger partial charge in [-0.1, -0.05) is 37.1 Å². The van der Waals surface area contributed by atoms with Crippen molar-refractivity contribution in [2.45, 2.75) is 38.9 Å². The van der Waals surface area contributed by atoms with E-state index < -0.39 is 0 Å². The van der Waals surface area contributed by atoms with Crippen LogP contribution >= 0.6 is 11.8 Å². The van der Waals surface area contributed by atoms with Crippen molar-refractivity contribution in [3.63, 3.8) is 0 Å². The predicted molar refractivity (Wildman–Crippen MR) is 79.4 cm³/mol. The van der Waals surface area contributed by atoms with Crippen LogP contribution in [-0.2, 0) is 5.75 Å². The van der Waals surface area contributed by atoms with Gasteiger partial charge in [0.25, 0.3) is 0 Å². The zero-order valence-corrected chi connectivity index (χ0v) is 12.0. The van der Waals surface area contributed by atoms with Crippen molar-refractivity contribution in [2.75, 3.05) is 5.75 Å². The first-order valence-electron chi connectivity index (χ1n) is 6.34. The van der Waals surface area contributed by atoms with Gasteiger partial charge in [-0.05, 0) is 36.3 Å². The molecule has 1 rings (SSSR count). The molecule has 0 unspecified atom stereocenters. The van der Waals surface area contributed by atoms with E-state index in [-0.39, 0.29) is 5.84 Å². The number of thioether (sulfide) groups is 1. The smallest absolute Gasteiger partial charge is 0.170 e. The Kier molecular flexibility index (Phi) is 6.65. The van der Waals surface area contributed by atoms with E-state index >= 15 is 0 Å². The molecule has 3 N–H and O–H groups in total. The second kappa shape index (κ2) is 8.03. The van der Waals surface area contributed by atoms with Crippen molar-refractivity contribution in [3.8, 4) is 0 Å². The Labute approximate surface area is 113 Å². The lowest BCUT2D eigenvalue weighted by Gasteiger charge is -2.08. The van der Waals surface area contributed by atoms with Gasteiger partial charge >= 0.3 is 0 Å². The fourth-order valence-electron chi connectivity index (χ4n) is 1.71. The summed E-state index contributed by atoms with van der Waals surface area (Å²) >= 11 is 1.97. The number of amidine groups is 1. The number of nitrogens with two attached hydrogens (primary N) is 1. The van der Waals surface area contributed by atoms with E-state index in [9.17, 15) is 0 Å². The Bertz CT molecular complexity index is 405. The molecule has 0 heterocycles. The molecule has 1 aromatic rings. The summed E-state index contributed by atoms with van der Waals surface area (Å²) in [4.78, 5) is 0. The highest BCUT2D eigenvalue weighted by atomic mass is 32.2. The van der Waals surface area contributed by atoms with Crippen LogP contribution in [0.3, 0.4) is 0 Å². The molecule has 4 heteroatoms. The van der Waals surface area contributed by atoms with Crippen molar-refractivity contribution in [2.24, 2.45) is 10.9 Å². The second-order valence-corrected chi connectivity index (χ2v) is 5.49. The van der Waals surface area contributed by atoms with Gasteiger partial charge in [-0.2, -0.15) is 11.8 Å². The Morgan fingerprint density at radius 2 is 2.17 bits per heavy atom. The van der Waals surface area contributed by atoms with Gasteiger partial charge in [0, 0.05) is 11.3 Å². The Balaban J connectivity index is 2.52. The molecule has 0 aliphatic rings. The summed E-state index contributed by atoms with van der Waals surface area (Å²) in [5.41, 5.74) is 8.86. The van der Waals surface area contributed by atoms with Crippen LogP contribution in [0.15, 0.2) is 23.4 Å². The summed E-state index contributed by atoms with van der Waals surface area (Å²) < 4.78 is 0. The van der Waals surface area contributed by atoms with Crippen LogP contribution in [0.1, 0.15) is 42.9 Å². The number of hydrogen-bond acceptors (Lipinski definition) is 3. The minimum atomic E-state index is 0.167. The summed E-state index contributed by atoms with van der Waals surface area (Å²) in [5.74, 6) is 2.42. The minimum absolute atomic E-state index is 0.167. The molecule has 0 amide bonds. The Morgan fingerprint density at radius 3 is 2.78 bits per heavy atom. The van der Waals surface area contributed by atoms with Gasteiger partial charge in [0.2, 0.25) is 0 Å². The van der Waals surface area contributed by atoms with Crippen LogP contribution in [-0.4, -0.2) is 16.8 Å². The molecule has 0 atom stereocenters. The van der Waals surface area contributed by atoms with E-state index in [1.807, 2.05) is 23.9 Å². The van der Waals surface area contributed by atoms with Crippen LogP contribution in [0.2, 0.25) is 0 Å². The minimum Gasteiger partial charge on any atom is -0.409 e. The molecule has 0 spiro atoms. The van der Waals surface area contributed by atoms with Gasteiger partial charge in [-0.15, -0.1) is 0 Å². The quantitative estimate of drug-likeness (QED) is 0.261. The SMILES string of the molecule is CCCCCSCc1ccc(/C(N)=N/O)cc1C. The maximum atomic E-state index is 8.63. The van der Waals surface area contributed by atoms with Gasteiger partial charge in [0.05, 0.1) is 0 Å². The number of hydrogen-bond donors (Lipinski definition) is 2. The van der Waals surface area contributed by atoms with Crippen LogP contribution in [0.5, 0.6) is 0 Å². The first-order valence-corrected chi connectivity index (χ1v) is 7.49. The fourth-order valence-corrected chi connectivity index (χ4v) is 2.81. The van der Waals surface area contributed by atoms with Crippen molar-refractivity contribution < 1.29 is 5.21 Å². The largest absolute Gasteiger partial charge is 0.409 e. The average Bonchev–Trinajstić information content (AvgIpc) is 2.39. The van der Waals surface area contributed by atoms with E-state index in [1.54, 1.807) is 0 Å². The third-order valence-electron chi connectivity index (χ3n) is 2.90. The van der Waals surface area contributed by atoms with Gasteiger partial charge in [-0.3, -0.25) is 0 Å². The molecule has 0 aromatic heterocycles. The summed E-state index contributed by atoms with van der Waals surface area (Å²) in [6.07, 6.45) is 3.88. The van der Waals surface area contributed by atoms with Crippen molar-refractivity contribution in [1.82, 2.24) is 0 Å². The highest BCUT2D eigenvalue weighted by molar-refractivity contribution is 7.98. The molecule has 0 saturated carbocycles. The van der Waals surface area contributed by atoms with Gasteiger partial charge in [0.1, 0.15) is 0 Å². The highest BCUT2D eigenvalue weighted by Gasteiger charge is 2.03. The lowest BCUT2D eigenvalue weighted by molar-refractivity contribution is 0.318. The molecule has 0 aliphatic heterocycles. The first-order chi connectivity index (χ1) is 8.69. The molecule has 0 radical (unpaired) electrons. The molecule has 0 saturated heterocycles. The third-order valence-corrected chi connectivity index (χ3v) is 3.99. The van der Waals surface area contributed by atoms with Crippen molar-refractivity contribution in [1.29, 1.82) is 0 Å². The first kappa shape index (κ1) is 14.9. The molecule has 18 heavy (non-hydrogen) atoms. The lowest BCUT2D eigenvalue weighted by atomic mass is 10.1. The summed E-state index contributed by atoms with van der Waals surface area (Å²) in [7, 11) is 0. The van der Waals surface area contributed by atoms with E-state index in [0.717, 1.165) is 11.3 Å². The molecule has 0 bridgehead atoms. The van der Waals surface area contributed by atoms with Crippen molar-refractivity contribution >= 4 is 17.6 Å².